The molecule has 35 heavy (non-hydrogen) atoms. The SMILES string of the molecule is Cc1cccc(-c2ncc(C(=O)N3CCN(C)CC3)c(N3CCN(c4ccccc4F)CC3)n2)c1. The van der Waals surface area contributed by atoms with Crippen LogP contribution in [0.1, 0.15) is 15.9 Å². The van der Waals surface area contributed by atoms with Gasteiger partial charge >= 0.3 is 0 Å². The lowest BCUT2D eigenvalue weighted by atomic mass is 10.1. The van der Waals surface area contributed by atoms with E-state index in [1.807, 2.05) is 42.2 Å². The summed E-state index contributed by atoms with van der Waals surface area (Å²) >= 11 is 0. The van der Waals surface area contributed by atoms with Gasteiger partial charge in [-0.25, -0.2) is 14.4 Å². The molecule has 8 heteroatoms. The third kappa shape index (κ3) is 4.98. The first kappa shape index (κ1) is 23.2. The van der Waals surface area contributed by atoms with Gasteiger partial charge in [0.25, 0.3) is 5.91 Å². The van der Waals surface area contributed by atoms with Crippen LogP contribution in [0.15, 0.2) is 54.7 Å². The Hall–Kier alpha value is -3.52. The van der Waals surface area contributed by atoms with E-state index in [2.05, 4.69) is 32.8 Å². The number of nitrogens with zero attached hydrogens (tertiary/aromatic N) is 6. The number of rotatable bonds is 4. The van der Waals surface area contributed by atoms with Gasteiger partial charge in [0, 0.05) is 64.1 Å². The molecule has 0 radical (unpaired) electrons. The zero-order valence-corrected chi connectivity index (χ0v) is 20.3. The third-order valence-corrected chi connectivity index (χ3v) is 6.84. The lowest BCUT2D eigenvalue weighted by Gasteiger charge is -2.38. The quantitative estimate of drug-likeness (QED) is 0.579. The molecular formula is C27H31FN6O. The average molecular weight is 475 g/mol. The molecule has 3 aromatic rings. The number of aryl methyl sites for hydroxylation is 1. The molecule has 2 aliphatic heterocycles. The molecule has 0 atom stereocenters. The van der Waals surface area contributed by atoms with Crippen LogP contribution < -0.4 is 9.80 Å². The second kappa shape index (κ2) is 10.00. The molecular weight excluding hydrogens is 443 g/mol. The van der Waals surface area contributed by atoms with E-state index < -0.39 is 0 Å². The van der Waals surface area contributed by atoms with Crippen LogP contribution in [0.3, 0.4) is 0 Å². The fourth-order valence-corrected chi connectivity index (χ4v) is 4.74. The van der Waals surface area contributed by atoms with Gasteiger partial charge in [-0.15, -0.1) is 0 Å². The molecule has 0 spiro atoms. The van der Waals surface area contributed by atoms with Crippen LogP contribution in [0, 0.1) is 12.7 Å². The van der Waals surface area contributed by atoms with Crippen molar-refractivity contribution in [1.29, 1.82) is 0 Å². The normalized spacial score (nSPS) is 17.1. The van der Waals surface area contributed by atoms with Crippen molar-refractivity contribution in [1.82, 2.24) is 19.8 Å². The van der Waals surface area contributed by atoms with E-state index in [4.69, 9.17) is 4.98 Å². The molecule has 1 amide bonds. The molecule has 1 aromatic heterocycles. The third-order valence-electron chi connectivity index (χ3n) is 6.84. The summed E-state index contributed by atoms with van der Waals surface area (Å²) in [5, 5.41) is 0. The number of likely N-dealkylation sites (N-methyl/N-ethyl adjacent to an activating group) is 1. The second-order valence-corrected chi connectivity index (χ2v) is 9.32. The number of piperazine rings is 2. The molecule has 0 N–H and O–H groups in total. The number of anilines is 2. The monoisotopic (exact) mass is 474 g/mol. The standard InChI is InChI=1S/C27H31FN6O/c1-20-6-5-7-21(18-20)25-29-19-22(27(35)34-12-10-31(2)11-13-34)26(30-25)33-16-14-32(15-17-33)24-9-4-3-8-23(24)28/h3-9,18-19H,10-17H2,1-2H3. The number of para-hydroxylation sites is 1. The van der Waals surface area contributed by atoms with Crippen molar-refractivity contribution in [3.05, 3.63) is 71.7 Å². The maximum absolute atomic E-state index is 14.3. The Morgan fingerprint density at radius 2 is 1.60 bits per heavy atom. The lowest BCUT2D eigenvalue weighted by molar-refractivity contribution is 0.0664. The van der Waals surface area contributed by atoms with Crippen molar-refractivity contribution in [2.24, 2.45) is 0 Å². The van der Waals surface area contributed by atoms with Crippen molar-refractivity contribution >= 4 is 17.4 Å². The summed E-state index contributed by atoms with van der Waals surface area (Å²) in [6.07, 6.45) is 1.68. The molecule has 7 nitrogen and oxygen atoms in total. The van der Waals surface area contributed by atoms with Gasteiger partial charge in [-0.1, -0.05) is 35.9 Å². The van der Waals surface area contributed by atoms with E-state index in [0.717, 1.165) is 24.2 Å². The number of amides is 1. The summed E-state index contributed by atoms with van der Waals surface area (Å²) in [5.41, 5.74) is 3.20. The largest absolute Gasteiger partial charge is 0.366 e. The van der Waals surface area contributed by atoms with Gasteiger partial charge in [0.15, 0.2) is 5.82 Å². The Morgan fingerprint density at radius 1 is 0.886 bits per heavy atom. The van der Waals surface area contributed by atoms with Gasteiger partial charge in [-0.05, 0) is 32.2 Å². The molecule has 2 fully saturated rings. The van der Waals surface area contributed by atoms with Crippen LogP contribution in [0.25, 0.3) is 11.4 Å². The summed E-state index contributed by atoms with van der Waals surface area (Å²) in [7, 11) is 2.07. The molecule has 0 aliphatic carbocycles. The van der Waals surface area contributed by atoms with Gasteiger partial charge in [0.1, 0.15) is 17.2 Å². The number of halogens is 1. The van der Waals surface area contributed by atoms with Crippen molar-refractivity contribution in [2.75, 3.05) is 69.2 Å². The minimum Gasteiger partial charge on any atom is -0.366 e. The fourth-order valence-electron chi connectivity index (χ4n) is 4.74. The van der Waals surface area contributed by atoms with Crippen LogP contribution in [0.2, 0.25) is 0 Å². The Morgan fingerprint density at radius 3 is 2.31 bits per heavy atom. The maximum atomic E-state index is 14.3. The van der Waals surface area contributed by atoms with Gasteiger partial charge < -0.3 is 19.6 Å². The Labute approximate surface area is 205 Å². The van der Waals surface area contributed by atoms with E-state index in [0.29, 0.717) is 62.2 Å². The minimum absolute atomic E-state index is 0.0274. The van der Waals surface area contributed by atoms with Gasteiger partial charge in [0.05, 0.1) is 5.69 Å². The predicted molar refractivity (Wildman–Crippen MR) is 136 cm³/mol. The maximum Gasteiger partial charge on any atom is 0.259 e. The highest BCUT2D eigenvalue weighted by molar-refractivity contribution is 5.99. The minimum atomic E-state index is -0.212. The molecule has 2 aliphatic rings. The number of carbonyl (C=O) groups is 1. The van der Waals surface area contributed by atoms with Crippen LogP contribution in [-0.2, 0) is 0 Å². The molecule has 2 aromatic carbocycles. The van der Waals surface area contributed by atoms with Crippen LogP contribution in [0.4, 0.5) is 15.9 Å². The van der Waals surface area contributed by atoms with E-state index in [1.54, 1.807) is 12.3 Å². The second-order valence-electron chi connectivity index (χ2n) is 9.32. The molecule has 0 unspecified atom stereocenters. The fraction of sp³-hybridized carbons (Fsp3) is 0.370. The Bertz CT molecular complexity index is 1200. The van der Waals surface area contributed by atoms with Crippen LogP contribution in [0.5, 0.6) is 0 Å². The Kier molecular flexibility index (Phi) is 6.63. The molecule has 2 saturated heterocycles. The zero-order valence-electron chi connectivity index (χ0n) is 20.3. The first-order chi connectivity index (χ1) is 17.0. The molecule has 0 bridgehead atoms. The van der Waals surface area contributed by atoms with Gasteiger partial charge in [-0.3, -0.25) is 4.79 Å². The van der Waals surface area contributed by atoms with Crippen LogP contribution >= 0.6 is 0 Å². The van der Waals surface area contributed by atoms with E-state index in [1.165, 1.54) is 6.07 Å². The highest BCUT2D eigenvalue weighted by Crippen LogP contribution is 2.27. The molecule has 3 heterocycles. The molecule has 182 valence electrons. The molecule has 5 rings (SSSR count). The predicted octanol–water partition coefficient (Wildman–Crippen LogP) is 3.31. The Balaban J connectivity index is 1.44. The van der Waals surface area contributed by atoms with Crippen molar-refractivity contribution in [3.63, 3.8) is 0 Å². The smallest absolute Gasteiger partial charge is 0.259 e. The summed E-state index contributed by atoms with van der Waals surface area (Å²) in [6, 6.07) is 14.9. The zero-order chi connectivity index (χ0) is 24.4. The van der Waals surface area contributed by atoms with Crippen LogP contribution in [-0.4, -0.2) is 85.1 Å². The number of aromatic nitrogens is 2. The highest BCUT2D eigenvalue weighted by atomic mass is 19.1. The summed E-state index contributed by atoms with van der Waals surface area (Å²) in [4.78, 5) is 31.4. The molecule has 0 saturated carbocycles. The summed E-state index contributed by atoms with van der Waals surface area (Å²) in [6.45, 7) is 7.70. The van der Waals surface area contributed by atoms with Crippen molar-refractivity contribution < 1.29 is 9.18 Å². The highest BCUT2D eigenvalue weighted by Gasteiger charge is 2.28. The van der Waals surface area contributed by atoms with E-state index in [9.17, 15) is 9.18 Å². The lowest BCUT2D eigenvalue weighted by Crippen LogP contribution is -2.49. The average Bonchev–Trinajstić information content (AvgIpc) is 2.89. The number of benzene rings is 2. The first-order valence-corrected chi connectivity index (χ1v) is 12.2. The number of hydrogen-bond donors (Lipinski definition) is 0. The van der Waals surface area contributed by atoms with E-state index in [-0.39, 0.29) is 11.7 Å². The topological polar surface area (TPSA) is 55.8 Å². The number of carbonyl (C=O) groups excluding carboxylic acids is 1. The van der Waals surface area contributed by atoms with Gasteiger partial charge in [0.2, 0.25) is 0 Å². The van der Waals surface area contributed by atoms with Crippen molar-refractivity contribution in [2.45, 2.75) is 6.92 Å². The van der Waals surface area contributed by atoms with Gasteiger partial charge in [-0.2, -0.15) is 0 Å². The summed E-state index contributed by atoms with van der Waals surface area (Å²) in [5.74, 6) is 1.03. The summed E-state index contributed by atoms with van der Waals surface area (Å²) < 4.78 is 14.3. The van der Waals surface area contributed by atoms with E-state index >= 15 is 0 Å². The number of hydrogen-bond acceptors (Lipinski definition) is 6. The first-order valence-electron chi connectivity index (χ1n) is 12.2. The van der Waals surface area contributed by atoms with Crippen molar-refractivity contribution in [3.8, 4) is 11.4 Å².